The first-order valence-corrected chi connectivity index (χ1v) is 6.45. The Morgan fingerprint density at radius 2 is 2.10 bits per heavy atom. The Labute approximate surface area is 125 Å². The Bertz CT molecular complexity index is 789. The van der Waals surface area contributed by atoms with Gasteiger partial charge in [0, 0.05) is 12.4 Å². The maximum atomic E-state index is 5.97. The van der Waals surface area contributed by atoms with Crippen LogP contribution in [0.3, 0.4) is 0 Å². The lowest BCUT2D eigenvalue weighted by molar-refractivity contribution is 0.356. The number of anilines is 2. The number of nitrogens with one attached hydrogen (secondary N) is 1. The van der Waals surface area contributed by atoms with Crippen molar-refractivity contribution in [3.63, 3.8) is 0 Å². The molecule has 108 valence electrons. The van der Waals surface area contributed by atoms with Crippen LogP contribution in [0.5, 0.6) is 11.5 Å². The molecule has 0 bridgehead atoms. The van der Waals surface area contributed by atoms with Gasteiger partial charge in [0.05, 0.1) is 19.9 Å². The van der Waals surface area contributed by atoms with Crippen molar-refractivity contribution in [1.82, 2.24) is 19.6 Å². The highest BCUT2D eigenvalue weighted by Gasteiger charge is 2.13. The number of halogens is 1. The molecule has 2 heterocycles. The maximum absolute atomic E-state index is 5.97. The van der Waals surface area contributed by atoms with E-state index in [1.165, 1.54) is 0 Å². The van der Waals surface area contributed by atoms with Gasteiger partial charge in [-0.3, -0.25) is 0 Å². The zero-order chi connectivity index (χ0) is 14.8. The Hall–Kier alpha value is -2.54. The van der Waals surface area contributed by atoms with E-state index in [2.05, 4.69) is 20.4 Å². The predicted molar refractivity (Wildman–Crippen MR) is 78.6 cm³/mol. The number of hydrogen-bond donors (Lipinski definition) is 1. The summed E-state index contributed by atoms with van der Waals surface area (Å²) >= 11 is 5.97. The summed E-state index contributed by atoms with van der Waals surface area (Å²) in [6.07, 6.45) is 3.22. The fourth-order valence-corrected chi connectivity index (χ4v) is 2.13. The molecule has 8 heteroatoms. The number of rotatable bonds is 4. The van der Waals surface area contributed by atoms with Gasteiger partial charge in [0.15, 0.2) is 22.3 Å². The average Bonchev–Trinajstić information content (AvgIpc) is 2.91. The quantitative estimate of drug-likeness (QED) is 0.798. The van der Waals surface area contributed by atoms with Crippen molar-refractivity contribution in [2.45, 2.75) is 0 Å². The highest BCUT2D eigenvalue weighted by molar-refractivity contribution is 6.32. The number of methoxy groups -OCH3 is 2. The Balaban J connectivity index is 2.00. The molecule has 0 unspecified atom stereocenters. The summed E-state index contributed by atoms with van der Waals surface area (Å²) < 4.78 is 12.1. The van der Waals surface area contributed by atoms with Gasteiger partial charge >= 0.3 is 0 Å². The summed E-state index contributed by atoms with van der Waals surface area (Å²) in [7, 11) is 3.15. The molecule has 0 aliphatic heterocycles. The van der Waals surface area contributed by atoms with E-state index in [9.17, 15) is 0 Å². The minimum absolute atomic E-state index is 0.288. The van der Waals surface area contributed by atoms with Crippen molar-refractivity contribution in [3.05, 3.63) is 35.7 Å². The summed E-state index contributed by atoms with van der Waals surface area (Å²) in [6.45, 7) is 0. The molecule has 0 saturated carbocycles. The smallest absolute Gasteiger partial charge is 0.247 e. The molecule has 0 aliphatic carbocycles. The minimum atomic E-state index is 0.288. The first-order valence-electron chi connectivity index (χ1n) is 6.08. The third kappa shape index (κ3) is 2.43. The van der Waals surface area contributed by atoms with Crippen LogP contribution in [-0.2, 0) is 0 Å². The average molecular weight is 306 g/mol. The lowest BCUT2D eigenvalue weighted by atomic mass is 10.2. The van der Waals surface area contributed by atoms with Crippen LogP contribution in [0.15, 0.2) is 30.6 Å². The van der Waals surface area contributed by atoms with Crippen LogP contribution in [0.2, 0.25) is 5.15 Å². The fraction of sp³-hybridized carbons (Fsp3) is 0.154. The third-order valence-corrected chi connectivity index (χ3v) is 3.13. The third-order valence-electron chi connectivity index (χ3n) is 2.86. The van der Waals surface area contributed by atoms with E-state index in [1.807, 2.05) is 18.2 Å². The summed E-state index contributed by atoms with van der Waals surface area (Å²) in [5.41, 5.74) is 1.17. The van der Waals surface area contributed by atoms with Crippen LogP contribution in [0.25, 0.3) is 5.65 Å². The van der Waals surface area contributed by atoms with Crippen LogP contribution in [0.1, 0.15) is 0 Å². The summed E-state index contributed by atoms with van der Waals surface area (Å²) in [6, 6.07) is 5.49. The molecule has 3 aromatic rings. The topological polar surface area (TPSA) is 73.6 Å². The summed E-state index contributed by atoms with van der Waals surface area (Å²) in [4.78, 5) is 8.25. The van der Waals surface area contributed by atoms with Crippen molar-refractivity contribution in [1.29, 1.82) is 0 Å². The van der Waals surface area contributed by atoms with Crippen molar-refractivity contribution in [2.24, 2.45) is 0 Å². The Morgan fingerprint density at radius 3 is 2.81 bits per heavy atom. The SMILES string of the molecule is COc1cccc(Nc2nc3c(Cl)nccn3n2)c1OC. The van der Waals surface area contributed by atoms with Crippen LogP contribution in [0, 0.1) is 0 Å². The van der Waals surface area contributed by atoms with Gasteiger partial charge in [-0.2, -0.15) is 4.98 Å². The van der Waals surface area contributed by atoms with Gasteiger partial charge in [-0.15, -0.1) is 5.10 Å². The lowest BCUT2D eigenvalue weighted by Crippen LogP contribution is -1.98. The molecule has 0 spiro atoms. The number of para-hydroxylation sites is 1. The van der Waals surface area contributed by atoms with Crippen LogP contribution in [0.4, 0.5) is 11.6 Å². The van der Waals surface area contributed by atoms with Gasteiger partial charge in [-0.05, 0) is 12.1 Å². The normalized spacial score (nSPS) is 10.6. The number of benzene rings is 1. The molecule has 0 amide bonds. The van der Waals surface area contributed by atoms with Crippen molar-refractivity contribution in [2.75, 3.05) is 19.5 Å². The number of fused-ring (bicyclic) bond motifs is 1. The maximum Gasteiger partial charge on any atom is 0.247 e. The summed E-state index contributed by atoms with van der Waals surface area (Å²) in [5.74, 6) is 1.57. The minimum Gasteiger partial charge on any atom is -0.493 e. The van der Waals surface area contributed by atoms with Crippen LogP contribution in [-0.4, -0.2) is 33.8 Å². The fourth-order valence-electron chi connectivity index (χ4n) is 1.95. The Kier molecular flexibility index (Phi) is 3.49. The largest absolute Gasteiger partial charge is 0.493 e. The van der Waals surface area contributed by atoms with Crippen molar-refractivity contribution < 1.29 is 9.47 Å². The molecule has 0 aliphatic rings. The number of hydrogen-bond acceptors (Lipinski definition) is 6. The molecular formula is C13H12ClN5O2. The zero-order valence-corrected chi connectivity index (χ0v) is 12.1. The Morgan fingerprint density at radius 1 is 1.24 bits per heavy atom. The summed E-state index contributed by atoms with van der Waals surface area (Å²) in [5, 5.41) is 7.64. The second-order valence-electron chi connectivity index (χ2n) is 4.09. The van der Waals surface area contributed by atoms with Gasteiger partial charge in [0.2, 0.25) is 5.95 Å². The molecule has 0 fully saturated rings. The molecule has 1 aromatic carbocycles. The van der Waals surface area contributed by atoms with Gasteiger partial charge in [-0.25, -0.2) is 9.50 Å². The van der Waals surface area contributed by atoms with E-state index in [-0.39, 0.29) is 5.15 Å². The number of nitrogens with zero attached hydrogens (tertiary/aromatic N) is 4. The molecule has 0 saturated heterocycles. The van der Waals surface area contributed by atoms with Crippen LogP contribution >= 0.6 is 11.6 Å². The van der Waals surface area contributed by atoms with E-state index in [0.717, 1.165) is 0 Å². The van der Waals surface area contributed by atoms with Gasteiger partial charge in [-0.1, -0.05) is 17.7 Å². The monoisotopic (exact) mass is 305 g/mol. The van der Waals surface area contributed by atoms with E-state index < -0.39 is 0 Å². The number of ether oxygens (including phenoxy) is 2. The highest BCUT2D eigenvalue weighted by Crippen LogP contribution is 2.35. The van der Waals surface area contributed by atoms with Gasteiger partial charge < -0.3 is 14.8 Å². The molecular weight excluding hydrogens is 294 g/mol. The van der Waals surface area contributed by atoms with Gasteiger partial charge in [0.1, 0.15) is 0 Å². The van der Waals surface area contributed by atoms with E-state index in [1.54, 1.807) is 31.1 Å². The molecule has 0 atom stereocenters. The number of aromatic nitrogens is 4. The predicted octanol–water partition coefficient (Wildman–Crippen LogP) is 2.54. The molecule has 1 N–H and O–H groups in total. The van der Waals surface area contributed by atoms with Crippen molar-refractivity contribution in [3.8, 4) is 11.5 Å². The zero-order valence-electron chi connectivity index (χ0n) is 11.4. The highest BCUT2D eigenvalue weighted by atomic mass is 35.5. The lowest BCUT2D eigenvalue weighted by Gasteiger charge is -2.12. The molecule has 0 radical (unpaired) electrons. The standard InChI is InChI=1S/C13H12ClN5O2/c1-20-9-5-3-4-8(10(9)21-2)16-13-17-12-11(14)15-6-7-19(12)18-13/h3-7H,1-2H3,(H,16,18). The second-order valence-corrected chi connectivity index (χ2v) is 4.45. The molecule has 7 nitrogen and oxygen atoms in total. The van der Waals surface area contributed by atoms with E-state index in [4.69, 9.17) is 21.1 Å². The first-order chi connectivity index (χ1) is 10.2. The molecule has 2 aromatic heterocycles. The molecule has 21 heavy (non-hydrogen) atoms. The van der Waals surface area contributed by atoms with E-state index >= 15 is 0 Å². The first kappa shape index (κ1) is 13.4. The van der Waals surface area contributed by atoms with Crippen LogP contribution < -0.4 is 14.8 Å². The van der Waals surface area contributed by atoms with E-state index in [0.29, 0.717) is 28.8 Å². The van der Waals surface area contributed by atoms with Gasteiger partial charge in [0.25, 0.3) is 0 Å². The second kappa shape index (κ2) is 5.45. The van der Waals surface area contributed by atoms with Crippen molar-refractivity contribution >= 4 is 28.9 Å². The molecule has 3 rings (SSSR count).